The normalized spacial score (nSPS) is 19.8. The van der Waals surface area contributed by atoms with Crippen LogP contribution in [0.15, 0.2) is 27.6 Å². The summed E-state index contributed by atoms with van der Waals surface area (Å²) in [5.41, 5.74) is 0. The van der Waals surface area contributed by atoms with Crippen LogP contribution in [0, 0.1) is 11.7 Å². The monoisotopic (exact) mass is 475 g/mol. The first kappa shape index (κ1) is 21.7. The molecule has 0 spiro atoms. The maximum Gasteiger partial charge on any atom is 0.246 e. The Hall–Kier alpha value is -1.03. The van der Waals surface area contributed by atoms with Gasteiger partial charge in [-0.15, -0.1) is 0 Å². The molecule has 2 heterocycles. The van der Waals surface area contributed by atoms with Crippen LogP contribution in [-0.2, 0) is 14.8 Å². The summed E-state index contributed by atoms with van der Waals surface area (Å²) in [5.74, 6) is -0.959. The third-order valence-electron chi connectivity index (χ3n) is 5.48. The predicted octanol–water partition coefficient (Wildman–Crippen LogP) is 2.59. The van der Waals surface area contributed by atoms with E-state index in [1.165, 1.54) is 29.3 Å². The highest BCUT2D eigenvalue weighted by Crippen LogP contribution is 2.27. The molecule has 1 N–H and O–H groups in total. The SMILES string of the molecule is O=C(NCCCN1CCCC1)C1CCN(S(=O)(=O)c2cc(Br)ccc2F)CC1. The minimum Gasteiger partial charge on any atom is -0.356 e. The number of amides is 1. The third-order valence-corrected chi connectivity index (χ3v) is 7.89. The van der Waals surface area contributed by atoms with Crippen LogP contribution in [0.25, 0.3) is 0 Å². The second kappa shape index (κ2) is 9.65. The molecule has 156 valence electrons. The predicted molar refractivity (Wildman–Crippen MR) is 109 cm³/mol. The lowest BCUT2D eigenvalue weighted by molar-refractivity contribution is -0.126. The van der Waals surface area contributed by atoms with E-state index in [2.05, 4.69) is 26.1 Å². The van der Waals surface area contributed by atoms with Crippen LogP contribution in [-0.4, -0.2) is 62.8 Å². The van der Waals surface area contributed by atoms with Crippen molar-refractivity contribution in [2.75, 3.05) is 39.3 Å². The van der Waals surface area contributed by atoms with E-state index in [4.69, 9.17) is 0 Å². The van der Waals surface area contributed by atoms with Gasteiger partial charge in [-0.2, -0.15) is 4.31 Å². The van der Waals surface area contributed by atoms with Crippen molar-refractivity contribution in [2.45, 2.75) is 37.0 Å². The van der Waals surface area contributed by atoms with Crippen LogP contribution in [0.2, 0.25) is 0 Å². The summed E-state index contributed by atoms with van der Waals surface area (Å²) in [5, 5.41) is 2.98. The number of hydrogen-bond donors (Lipinski definition) is 1. The summed E-state index contributed by atoms with van der Waals surface area (Å²) in [6, 6.07) is 3.89. The Kier molecular flexibility index (Phi) is 7.47. The third kappa shape index (κ3) is 5.31. The lowest BCUT2D eigenvalue weighted by Crippen LogP contribution is -2.43. The standard InChI is InChI=1S/C19H27BrFN3O3S/c20-16-4-5-17(21)18(14-16)28(26,27)24-12-6-15(7-13-24)19(25)22-8-3-11-23-9-1-2-10-23/h4-5,14-15H,1-3,6-13H2,(H,22,25). The van der Waals surface area contributed by atoms with Gasteiger partial charge >= 0.3 is 0 Å². The van der Waals surface area contributed by atoms with Crippen molar-refractivity contribution < 1.29 is 17.6 Å². The molecule has 2 fully saturated rings. The Bertz CT molecular complexity index is 792. The van der Waals surface area contributed by atoms with Gasteiger partial charge in [-0.1, -0.05) is 15.9 Å². The second-order valence-electron chi connectivity index (χ2n) is 7.45. The summed E-state index contributed by atoms with van der Waals surface area (Å²) in [7, 11) is -3.90. The maximum absolute atomic E-state index is 14.0. The molecule has 2 aliphatic rings. The van der Waals surface area contributed by atoms with E-state index in [-0.39, 0.29) is 29.8 Å². The highest BCUT2D eigenvalue weighted by Gasteiger charge is 2.33. The molecule has 1 amide bonds. The number of carbonyl (C=O) groups is 1. The molecule has 0 aliphatic carbocycles. The zero-order valence-corrected chi connectivity index (χ0v) is 18.3. The fourth-order valence-electron chi connectivity index (χ4n) is 3.84. The lowest BCUT2D eigenvalue weighted by Gasteiger charge is -2.30. The van der Waals surface area contributed by atoms with Crippen LogP contribution in [0.3, 0.4) is 0 Å². The summed E-state index contributed by atoms with van der Waals surface area (Å²) in [6.45, 7) is 4.41. The molecule has 1 aromatic rings. The van der Waals surface area contributed by atoms with E-state index in [9.17, 15) is 17.6 Å². The molecule has 2 aliphatic heterocycles. The van der Waals surface area contributed by atoms with E-state index < -0.39 is 15.8 Å². The van der Waals surface area contributed by atoms with E-state index in [0.717, 1.165) is 32.1 Å². The van der Waals surface area contributed by atoms with Crippen LogP contribution >= 0.6 is 15.9 Å². The molecule has 3 rings (SSSR count). The van der Waals surface area contributed by atoms with Gasteiger partial charge in [0.15, 0.2) is 0 Å². The van der Waals surface area contributed by atoms with Gasteiger partial charge in [-0.05, 0) is 69.9 Å². The van der Waals surface area contributed by atoms with Crippen molar-refractivity contribution in [3.63, 3.8) is 0 Å². The summed E-state index contributed by atoms with van der Waals surface area (Å²) < 4.78 is 41.3. The van der Waals surface area contributed by atoms with Gasteiger partial charge < -0.3 is 10.2 Å². The molecule has 0 atom stereocenters. The topological polar surface area (TPSA) is 69.7 Å². The summed E-state index contributed by atoms with van der Waals surface area (Å²) >= 11 is 3.19. The van der Waals surface area contributed by atoms with Gasteiger partial charge in [-0.25, -0.2) is 12.8 Å². The Morgan fingerprint density at radius 1 is 1.18 bits per heavy atom. The molecule has 1 aromatic carbocycles. The molecular formula is C19H27BrFN3O3S. The summed E-state index contributed by atoms with van der Waals surface area (Å²) in [4.78, 5) is 14.4. The smallest absolute Gasteiger partial charge is 0.246 e. The van der Waals surface area contributed by atoms with Crippen molar-refractivity contribution in [3.8, 4) is 0 Å². The fourth-order valence-corrected chi connectivity index (χ4v) is 5.91. The first-order valence-corrected chi connectivity index (χ1v) is 12.1. The average molecular weight is 476 g/mol. The number of sulfonamides is 1. The van der Waals surface area contributed by atoms with Crippen molar-refractivity contribution in [1.82, 2.24) is 14.5 Å². The number of rotatable bonds is 7. The number of nitrogens with zero attached hydrogens (tertiary/aromatic N) is 2. The van der Waals surface area contributed by atoms with E-state index >= 15 is 0 Å². The van der Waals surface area contributed by atoms with Gasteiger partial charge in [-0.3, -0.25) is 4.79 Å². The number of halogens is 2. The minimum absolute atomic E-state index is 0.00731. The quantitative estimate of drug-likeness (QED) is 0.615. The molecule has 28 heavy (non-hydrogen) atoms. The zero-order chi connectivity index (χ0) is 20.1. The van der Waals surface area contributed by atoms with Crippen LogP contribution < -0.4 is 5.32 Å². The fraction of sp³-hybridized carbons (Fsp3) is 0.632. The van der Waals surface area contributed by atoms with Crippen LogP contribution in [0.5, 0.6) is 0 Å². The van der Waals surface area contributed by atoms with Gasteiger partial charge in [0.1, 0.15) is 10.7 Å². The number of piperidine rings is 1. The van der Waals surface area contributed by atoms with Crippen molar-refractivity contribution in [2.24, 2.45) is 5.92 Å². The molecule has 0 bridgehead atoms. The maximum atomic E-state index is 14.0. The highest BCUT2D eigenvalue weighted by molar-refractivity contribution is 9.10. The second-order valence-corrected chi connectivity index (χ2v) is 10.3. The van der Waals surface area contributed by atoms with Crippen LogP contribution in [0.4, 0.5) is 4.39 Å². The number of likely N-dealkylation sites (tertiary alicyclic amines) is 1. The van der Waals surface area contributed by atoms with Crippen molar-refractivity contribution >= 4 is 31.9 Å². The number of nitrogens with one attached hydrogen (secondary N) is 1. The van der Waals surface area contributed by atoms with E-state index in [0.29, 0.717) is 23.9 Å². The number of benzene rings is 1. The molecule has 0 saturated carbocycles. The molecule has 6 nitrogen and oxygen atoms in total. The Labute approximate surface area is 174 Å². The minimum atomic E-state index is -3.90. The largest absolute Gasteiger partial charge is 0.356 e. The average Bonchev–Trinajstić information content (AvgIpc) is 3.20. The van der Waals surface area contributed by atoms with Gasteiger partial charge in [0, 0.05) is 30.0 Å². The molecule has 2 saturated heterocycles. The Balaban J connectivity index is 1.46. The molecule has 9 heteroatoms. The van der Waals surface area contributed by atoms with Crippen molar-refractivity contribution in [3.05, 3.63) is 28.5 Å². The molecule has 0 aromatic heterocycles. The van der Waals surface area contributed by atoms with E-state index in [1.807, 2.05) is 0 Å². The highest BCUT2D eigenvalue weighted by atomic mass is 79.9. The van der Waals surface area contributed by atoms with Gasteiger partial charge in [0.2, 0.25) is 15.9 Å². The zero-order valence-electron chi connectivity index (χ0n) is 15.9. The lowest BCUT2D eigenvalue weighted by atomic mass is 9.97. The van der Waals surface area contributed by atoms with Crippen molar-refractivity contribution in [1.29, 1.82) is 0 Å². The van der Waals surface area contributed by atoms with Gasteiger partial charge in [0.05, 0.1) is 0 Å². The Morgan fingerprint density at radius 2 is 1.86 bits per heavy atom. The number of carbonyl (C=O) groups excluding carboxylic acids is 1. The first-order chi connectivity index (χ1) is 13.4. The van der Waals surface area contributed by atoms with E-state index in [1.54, 1.807) is 0 Å². The molecule has 0 radical (unpaired) electrons. The number of hydrogen-bond acceptors (Lipinski definition) is 4. The first-order valence-electron chi connectivity index (χ1n) is 9.83. The molecule has 0 unspecified atom stereocenters. The molecular weight excluding hydrogens is 449 g/mol. The van der Waals surface area contributed by atoms with Crippen LogP contribution in [0.1, 0.15) is 32.1 Å². The Morgan fingerprint density at radius 3 is 2.54 bits per heavy atom. The van der Waals surface area contributed by atoms with Gasteiger partial charge in [0.25, 0.3) is 0 Å². The summed E-state index contributed by atoms with van der Waals surface area (Å²) in [6.07, 6.45) is 4.36.